The Kier molecular flexibility index (Phi) is 4.90. The van der Waals surface area contributed by atoms with Crippen molar-refractivity contribution in [3.8, 4) is 5.75 Å². The van der Waals surface area contributed by atoms with Crippen molar-refractivity contribution in [2.24, 2.45) is 5.92 Å². The highest BCUT2D eigenvalue weighted by atomic mass is 35.5. The first-order valence-corrected chi connectivity index (χ1v) is 8.26. The van der Waals surface area contributed by atoms with Crippen molar-refractivity contribution in [3.05, 3.63) is 41.4 Å². The predicted molar refractivity (Wildman–Crippen MR) is 91.4 cm³/mol. The molecule has 2 aromatic carbocycles. The third kappa shape index (κ3) is 3.46. The highest BCUT2D eigenvalue weighted by Gasteiger charge is 2.33. The van der Waals surface area contributed by atoms with Crippen LogP contribution in [0.4, 0.5) is 0 Å². The van der Waals surface area contributed by atoms with Gasteiger partial charge in [-0.25, -0.2) is 0 Å². The summed E-state index contributed by atoms with van der Waals surface area (Å²) in [4.78, 5) is 23.2. The maximum atomic E-state index is 12.1. The van der Waals surface area contributed by atoms with Crippen molar-refractivity contribution in [1.82, 2.24) is 5.32 Å². The van der Waals surface area contributed by atoms with Gasteiger partial charge in [-0.2, -0.15) is 0 Å². The maximum absolute atomic E-state index is 12.1. The van der Waals surface area contributed by atoms with Gasteiger partial charge < -0.3 is 15.2 Å². The summed E-state index contributed by atoms with van der Waals surface area (Å²) in [6.07, 6.45) is 2.10. The summed E-state index contributed by atoms with van der Waals surface area (Å²) in [7, 11) is 0. The van der Waals surface area contributed by atoms with Crippen LogP contribution in [0, 0.1) is 5.92 Å². The van der Waals surface area contributed by atoms with Gasteiger partial charge in [-0.05, 0) is 25.0 Å². The third-order valence-corrected chi connectivity index (χ3v) is 4.70. The molecule has 0 saturated heterocycles. The van der Waals surface area contributed by atoms with Crippen LogP contribution in [0.15, 0.2) is 36.4 Å². The molecule has 0 unspecified atom stereocenters. The molecule has 6 heteroatoms. The molecule has 0 aliphatic heterocycles. The monoisotopic (exact) mass is 347 g/mol. The number of carboxylic acids is 1. The molecule has 5 nitrogen and oxygen atoms in total. The molecule has 0 radical (unpaired) electrons. The van der Waals surface area contributed by atoms with E-state index in [2.05, 4.69) is 5.32 Å². The molecule has 1 aliphatic rings. The number of nitrogens with one attached hydrogen (secondary N) is 1. The molecule has 1 fully saturated rings. The van der Waals surface area contributed by atoms with Gasteiger partial charge >= 0.3 is 5.97 Å². The lowest BCUT2D eigenvalue weighted by Crippen LogP contribution is -2.42. The first kappa shape index (κ1) is 16.6. The molecule has 3 rings (SSSR count). The fourth-order valence-corrected chi connectivity index (χ4v) is 3.41. The number of aliphatic carboxylic acids is 1. The molecule has 0 spiro atoms. The number of hydrogen-bond donors (Lipinski definition) is 2. The van der Waals surface area contributed by atoms with Gasteiger partial charge in [-0.1, -0.05) is 42.3 Å². The quantitative estimate of drug-likeness (QED) is 0.870. The van der Waals surface area contributed by atoms with E-state index in [0.29, 0.717) is 23.6 Å². The molecule has 1 aliphatic carbocycles. The van der Waals surface area contributed by atoms with Gasteiger partial charge in [0, 0.05) is 21.8 Å². The standard InChI is InChI=1S/C18H18ClNO4/c19-14-8-9-16(12-5-2-1-4-11(12)14)24-10-17(21)20-15-7-3-6-13(15)18(22)23/h1-2,4-5,8-9,13,15H,3,6-7,10H2,(H,20,21)(H,22,23)/t13-,15+/m1/s1. The summed E-state index contributed by atoms with van der Waals surface area (Å²) in [5.74, 6) is -1.11. The Morgan fingerprint density at radius 2 is 1.92 bits per heavy atom. The number of halogens is 1. The number of ether oxygens (including phenoxy) is 1. The van der Waals surface area contributed by atoms with E-state index in [1.54, 1.807) is 12.1 Å². The van der Waals surface area contributed by atoms with E-state index in [9.17, 15) is 9.59 Å². The SMILES string of the molecule is O=C(COc1ccc(Cl)c2ccccc12)N[C@H]1CCC[C@H]1C(=O)O. The molecule has 0 bridgehead atoms. The Bertz CT molecular complexity index is 777. The maximum Gasteiger partial charge on any atom is 0.308 e. The average Bonchev–Trinajstić information content (AvgIpc) is 3.03. The van der Waals surface area contributed by atoms with Gasteiger partial charge in [-0.3, -0.25) is 9.59 Å². The second kappa shape index (κ2) is 7.09. The molecule has 126 valence electrons. The van der Waals surface area contributed by atoms with E-state index < -0.39 is 11.9 Å². The van der Waals surface area contributed by atoms with Crippen molar-refractivity contribution >= 4 is 34.2 Å². The van der Waals surface area contributed by atoms with Crippen LogP contribution in [0.3, 0.4) is 0 Å². The minimum absolute atomic E-state index is 0.158. The average molecular weight is 348 g/mol. The van der Waals surface area contributed by atoms with Gasteiger partial charge in [0.05, 0.1) is 5.92 Å². The van der Waals surface area contributed by atoms with E-state index in [1.165, 1.54) is 0 Å². The van der Waals surface area contributed by atoms with Crippen molar-refractivity contribution < 1.29 is 19.4 Å². The number of amides is 1. The third-order valence-electron chi connectivity index (χ3n) is 4.37. The molecule has 24 heavy (non-hydrogen) atoms. The Morgan fingerprint density at radius 3 is 2.67 bits per heavy atom. The summed E-state index contributed by atoms with van der Waals surface area (Å²) < 4.78 is 5.62. The van der Waals surface area contributed by atoms with Crippen LogP contribution in [0.2, 0.25) is 5.02 Å². The smallest absolute Gasteiger partial charge is 0.308 e. The first-order chi connectivity index (χ1) is 11.6. The number of hydrogen-bond acceptors (Lipinski definition) is 3. The minimum Gasteiger partial charge on any atom is -0.483 e. The van der Waals surface area contributed by atoms with E-state index in [1.807, 2.05) is 24.3 Å². The van der Waals surface area contributed by atoms with Gasteiger partial charge in [0.2, 0.25) is 0 Å². The van der Waals surface area contributed by atoms with Crippen molar-refractivity contribution in [1.29, 1.82) is 0 Å². The van der Waals surface area contributed by atoms with Crippen LogP contribution >= 0.6 is 11.6 Å². The van der Waals surface area contributed by atoms with Crippen molar-refractivity contribution in [2.75, 3.05) is 6.61 Å². The highest BCUT2D eigenvalue weighted by molar-refractivity contribution is 6.35. The summed E-state index contributed by atoms with van der Waals surface area (Å²) in [5.41, 5.74) is 0. The summed E-state index contributed by atoms with van der Waals surface area (Å²) in [6.45, 7) is -0.158. The Balaban J connectivity index is 1.65. The van der Waals surface area contributed by atoms with E-state index in [4.69, 9.17) is 21.4 Å². The lowest BCUT2D eigenvalue weighted by molar-refractivity contribution is -0.142. The van der Waals surface area contributed by atoms with Crippen molar-refractivity contribution in [2.45, 2.75) is 25.3 Å². The Morgan fingerprint density at radius 1 is 1.17 bits per heavy atom. The lowest BCUT2D eigenvalue weighted by atomic mass is 10.0. The highest BCUT2D eigenvalue weighted by Crippen LogP contribution is 2.31. The molecule has 0 heterocycles. The minimum atomic E-state index is -0.859. The zero-order valence-corrected chi connectivity index (χ0v) is 13.8. The molecule has 2 aromatic rings. The normalized spacial score (nSPS) is 20.0. The largest absolute Gasteiger partial charge is 0.483 e. The molecule has 1 amide bonds. The predicted octanol–water partition coefficient (Wildman–Crippen LogP) is 3.24. The zero-order chi connectivity index (χ0) is 17.1. The molecule has 0 aromatic heterocycles. The summed E-state index contributed by atoms with van der Waals surface area (Å²) >= 11 is 6.16. The van der Waals surface area contributed by atoms with Crippen LogP contribution in [0.25, 0.3) is 10.8 Å². The number of fused-ring (bicyclic) bond motifs is 1. The fraction of sp³-hybridized carbons (Fsp3) is 0.333. The molecular weight excluding hydrogens is 330 g/mol. The molecular formula is C18H18ClNO4. The van der Waals surface area contributed by atoms with Gasteiger partial charge in [0.15, 0.2) is 6.61 Å². The lowest BCUT2D eigenvalue weighted by Gasteiger charge is -2.18. The van der Waals surface area contributed by atoms with E-state index in [0.717, 1.165) is 17.2 Å². The molecule has 1 saturated carbocycles. The summed E-state index contributed by atoms with van der Waals surface area (Å²) in [5, 5.41) is 14.2. The number of rotatable bonds is 5. The van der Waals surface area contributed by atoms with Crippen LogP contribution in [-0.4, -0.2) is 29.6 Å². The van der Waals surface area contributed by atoms with Crippen LogP contribution in [0.5, 0.6) is 5.75 Å². The number of carbonyl (C=O) groups is 2. The second-order valence-corrected chi connectivity index (χ2v) is 6.34. The van der Waals surface area contributed by atoms with Gasteiger partial charge in [0.1, 0.15) is 5.75 Å². The van der Waals surface area contributed by atoms with Crippen LogP contribution < -0.4 is 10.1 Å². The van der Waals surface area contributed by atoms with Gasteiger partial charge in [-0.15, -0.1) is 0 Å². The van der Waals surface area contributed by atoms with E-state index in [-0.39, 0.29) is 18.6 Å². The molecule has 2 atom stereocenters. The van der Waals surface area contributed by atoms with E-state index >= 15 is 0 Å². The van der Waals surface area contributed by atoms with Gasteiger partial charge in [0.25, 0.3) is 5.91 Å². The number of benzene rings is 2. The van der Waals surface area contributed by atoms with Crippen molar-refractivity contribution in [3.63, 3.8) is 0 Å². The fourth-order valence-electron chi connectivity index (χ4n) is 3.18. The van der Waals surface area contributed by atoms with Crippen LogP contribution in [-0.2, 0) is 9.59 Å². The Hall–Kier alpha value is -2.27. The second-order valence-electron chi connectivity index (χ2n) is 5.93. The first-order valence-electron chi connectivity index (χ1n) is 7.88. The number of carbonyl (C=O) groups excluding carboxylic acids is 1. The van der Waals surface area contributed by atoms with Crippen LogP contribution in [0.1, 0.15) is 19.3 Å². The summed E-state index contributed by atoms with van der Waals surface area (Å²) in [6, 6.07) is 10.7. The number of carboxylic acid groups (broad SMARTS) is 1. The topological polar surface area (TPSA) is 75.6 Å². The zero-order valence-electron chi connectivity index (χ0n) is 13.0. The Labute approximate surface area is 144 Å². The molecule has 2 N–H and O–H groups in total.